The van der Waals surface area contributed by atoms with Crippen molar-refractivity contribution in [1.82, 2.24) is 0 Å². The summed E-state index contributed by atoms with van der Waals surface area (Å²) in [5.41, 5.74) is -1.08. The lowest BCUT2D eigenvalue weighted by molar-refractivity contribution is -0.298. The first kappa shape index (κ1) is 25.0. The molecule has 0 aromatic rings. The summed E-state index contributed by atoms with van der Waals surface area (Å²) < 4.78 is 82.4. The Morgan fingerprint density at radius 2 is 1.54 bits per heavy atom. The molecule has 26 heavy (non-hydrogen) atoms. The number of carbonyl (C=O) groups excluding carboxylic acids is 1. The Morgan fingerprint density at radius 3 is 2.04 bits per heavy atom. The fourth-order valence-electron chi connectivity index (χ4n) is 1.65. The molecule has 0 N–H and O–H groups in total. The minimum atomic E-state index is -5.69. The predicted octanol–water partition coefficient (Wildman–Crippen LogP) is 3.60. The molecule has 156 valence electrons. The van der Waals surface area contributed by atoms with Crippen molar-refractivity contribution in [2.24, 2.45) is 5.41 Å². The van der Waals surface area contributed by atoms with Crippen molar-refractivity contribution < 1.29 is 45.7 Å². The molecule has 0 rings (SSSR count). The van der Waals surface area contributed by atoms with Crippen LogP contribution < -0.4 is 0 Å². The summed E-state index contributed by atoms with van der Waals surface area (Å²) in [6.45, 7) is 4.35. The molecule has 0 saturated carbocycles. The molecular weight excluding hydrogens is 367 g/mol. The third kappa shape index (κ3) is 10.2. The smallest absolute Gasteiger partial charge is 0.455 e. The number of hydrogen-bond donors (Lipinski definition) is 0. The van der Waals surface area contributed by atoms with E-state index in [1.807, 2.05) is 13.8 Å². The van der Waals surface area contributed by atoms with E-state index in [0.29, 0.717) is 6.61 Å². The van der Waals surface area contributed by atoms with Gasteiger partial charge >= 0.3 is 18.1 Å². The van der Waals surface area contributed by atoms with E-state index in [1.165, 1.54) is 6.92 Å². The SMILES string of the molecule is CCC(C)OCCOCC(C)(COCC(F)(F)C(F)(F)F)COC(C)=O. The maximum atomic E-state index is 12.9. The molecule has 10 heteroatoms. The van der Waals surface area contributed by atoms with Crippen LogP contribution in [0.25, 0.3) is 0 Å². The Kier molecular flexibility index (Phi) is 10.6. The van der Waals surface area contributed by atoms with E-state index in [0.717, 1.165) is 13.3 Å². The highest BCUT2D eigenvalue weighted by Crippen LogP contribution is 2.35. The van der Waals surface area contributed by atoms with E-state index >= 15 is 0 Å². The summed E-state index contributed by atoms with van der Waals surface area (Å²) >= 11 is 0. The lowest BCUT2D eigenvalue weighted by atomic mass is 9.94. The largest absolute Gasteiger partial charge is 0.465 e. The third-order valence-corrected chi connectivity index (χ3v) is 3.43. The highest BCUT2D eigenvalue weighted by atomic mass is 19.4. The number of halogens is 5. The molecule has 5 nitrogen and oxygen atoms in total. The van der Waals surface area contributed by atoms with Crippen LogP contribution in [-0.2, 0) is 23.7 Å². The molecule has 0 aliphatic heterocycles. The second kappa shape index (κ2) is 11.0. The van der Waals surface area contributed by atoms with Gasteiger partial charge in [0.1, 0.15) is 13.2 Å². The molecule has 0 fully saturated rings. The van der Waals surface area contributed by atoms with Gasteiger partial charge < -0.3 is 18.9 Å². The zero-order valence-corrected chi connectivity index (χ0v) is 15.5. The van der Waals surface area contributed by atoms with E-state index in [9.17, 15) is 26.7 Å². The standard InChI is InChI=1S/C16H27F5O5/c1-5-12(2)25-7-6-23-8-14(4,10-26-13(3)22)9-24-11-15(17,18)16(19,20)21/h12H,5-11H2,1-4H3. The Hall–Kier alpha value is -1.00. The first-order valence-electron chi connectivity index (χ1n) is 8.18. The molecule has 2 atom stereocenters. The molecule has 2 unspecified atom stereocenters. The third-order valence-electron chi connectivity index (χ3n) is 3.43. The number of hydrogen-bond acceptors (Lipinski definition) is 5. The van der Waals surface area contributed by atoms with Gasteiger partial charge in [-0.05, 0) is 13.3 Å². The molecule has 0 aliphatic rings. The van der Waals surface area contributed by atoms with E-state index in [1.54, 1.807) is 0 Å². The number of alkyl halides is 5. The Balaban J connectivity index is 4.50. The van der Waals surface area contributed by atoms with Crippen LogP contribution in [0.1, 0.15) is 34.1 Å². The molecule has 0 radical (unpaired) electrons. The van der Waals surface area contributed by atoms with Gasteiger partial charge in [-0.25, -0.2) is 0 Å². The Labute approximate surface area is 150 Å². The Morgan fingerprint density at radius 1 is 0.962 bits per heavy atom. The van der Waals surface area contributed by atoms with E-state index in [-0.39, 0.29) is 25.9 Å². The quantitative estimate of drug-likeness (QED) is 0.271. The van der Waals surface area contributed by atoms with Gasteiger partial charge in [0.05, 0.1) is 32.5 Å². The number of esters is 1. The molecule has 0 heterocycles. The minimum Gasteiger partial charge on any atom is -0.465 e. The average Bonchev–Trinajstić information content (AvgIpc) is 2.51. The summed E-state index contributed by atoms with van der Waals surface area (Å²) in [7, 11) is 0. The molecule has 0 amide bonds. The van der Waals surface area contributed by atoms with Crippen molar-refractivity contribution in [3.05, 3.63) is 0 Å². The maximum absolute atomic E-state index is 12.9. The number of ether oxygens (including phenoxy) is 4. The van der Waals surface area contributed by atoms with Crippen molar-refractivity contribution in [3.63, 3.8) is 0 Å². The molecule has 0 spiro atoms. The van der Waals surface area contributed by atoms with Gasteiger partial charge in [-0.15, -0.1) is 0 Å². The molecule has 0 aromatic heterocycles. The van der Waals surface area contributed by atoms with Gasteiger partial charge in [0.2, 0.25) is 0 Å². The number of rotatable bonds is 13. The molecule has 0 aromatic carbocycles. The van der Waals surface area contributed by atoms with Gasteiger partial charge in [0.15, 0.2) is 0 Å². The van der Waals surface area contributed by atoms with Gasteiger partial charge in [-0.3, -0.25) is 4.79 Å². The van der Waals surface area contributed by atoms with Crippen LogP contribution in [0.3, 0.4) is 0 Å². The second-order valence-corrected chi connectivity index (χ2v) is 6.43. The topological polar surface area (TPSA) is 54.0 Å². The lowest BCUT2D eigenvalue weighted by Crippen LogP contribution is -2.43. The minimum absolute atomic E-state index is 0.0546. The lowest BCUT2D eigenvalue weighted by Gasteiger charge is -2.29. The molecule has 0 bridgehead atoms. The van der Waals surface area contributed by atoms with Crippen LogP contribution in [0, 0.1) is 5.41 Å². The van der Waals surface area contributed by atoms with Crippen molar-refractivity contribution in [1.29, 1.82) is 0 Å². The van der Waals surface area contributed by atoms with Gasteiger partial charge in [0, 0.05) is 12.3 Å². The Bertz CT molecular complexity index is 416. The first-order chi connectivity index (χ1) is 11.8. The highest BCUT2D eigenvalue weighted by Gasteiger charge is 2.57. The van der Waals surface area contributed by atoms with E-state index in [2.05, 4.69) is 4.74 Å². The summed E-state index contributed by atoms with van der Waals surface area (Å²) in [5, 5.41) is 0. The van der Waals surface area contributed by atoms with Gasteiger partial charge in [-0.1, -0.05) is 13.8 Å². The van der Waals surface area contributed by atoms with Crippen LogP contribution >= 0.6 is 0 Å². The highest BCUT2D eigenvalue weighted by molar-refractivity contribution is 5.65. The van der Waals surface area contributed by atoms with Crippen LogP contribution in [-0.4, -0.2) is 63.8 Å². The summed E-state index contributed by atoms with van der Waals surface area (Å²) in [6, 6.07) is 0. The maximum Gasteiger partial charge on any atom is 0.455 e. The van der Waals surface area contributed by atoms with Crippen LogP contribution in [0.5, 0.6) is 0 Å². The van der Waals surface area contributed by atoms with Crippen LogP contribution in [0.4, 0.5) is 22.0 Å². The van der Waals surface area contributed by atoms with Crippen LogP contribution in [0.15, 0.2) is 0 Å². The van der Waals surface area contributed by atoms with Crippen LogP contribution in [0.2, 0.25) is 0 Å². The fraction of sp³-hybridized carbons (Fsp3) is 0.938. The number of carbonyl (C=O) groups is 1. The molecule has 0 aliphatic carbocycles. The summed E-state index contributed by atoms with van der Waals surface area (Å²) in [4.78, 5) is 10.9. The van der Waals surface area contributed by atoms with Crippen molar-refractivity contribution in [3.8, 4) is 0 Å². The van der Waals surface area contributed by atoms with Crippen molar-refractivity contribution >= 4 is 5.97 Å². The summed E-state index contributed by atoms with van der Waals surface area (Å²) in [6.07, 6.45) is -4.81. The van der Waals surface area contributed by atoms with E-state index in [4.69, 9.17) is 14.2 Å². The average molecular weight is 394 g/mol. The molecule has 0 saturated heterocycles. The zero-order chi connectivity index (χ0) is 20.4. The second-order valence-electron chi connectivity index (χ2n) is 6.43. The van der Waals surface area contributed by atoms with Crippen molar-refractivity contribution in [2.75, 3.05) is 39.6 Å². The van der Waals surface area contributed by atoms with Crippen molar-refractivity contribution in [2.45, 2.75) is 52.3 Å². The predicted molar refractivity (Wildman–Crippen MR) is 83.1 cm³/mol. The van der Waals surface area contributed by atoms with E-state index < -0.39 is 36.7 Å². The van der Waals surface area contributed by atoms with Gasteiger partial charge in [-0.2, -0.15) is 22.0 Å². The normalized spacial score (nSPS) is 16.2. The van der Waals surface area contributed by atoms with Gasteiger partial charge in [0.25, 0.3) is 0 Å². The fourth-order valence-corrected chi connectivity index (χ4v) is 1.65. The monoisotopic (exact) mass is 394 g/mol. The first-order valence-corrected chi connectivity index (χ1v) is 8.18. The molecular formula is C16H27F5O5. The zero-order valence-electron chi connectivity index (χ0n) is 15.5. The summed E-state index contributed by atoms with van der Waals surface area (Å²) in [5.74, 6) is -5.57.